The Labute approximate surface area is 90.2 Å². The summed E-state index contributed by atoms with van der Waals surface area (Å²) in [5.74, 6) is 0.993. The zero-order chi connectivity index (χ0) is 9.68. The van der Waals surface area contributed by atoms with E-state index in [1.54, 1.807) is 12.1 Å². The van der Waals surface area contributed by atoms with Crippen LogP contribution in [0.5, 0.6) is 5.75 Å². The van der Waals surface area contributed by atoms with Gasteiger partial charge >= 0.3 is 0 Å². The van der Waals surface area contributed by atoms with Gasteiger partial charge in [-0.25, -0.2) is 0 Å². The third-order valence-corrected chi connectivity index (χ3v) is 2.04. The molecule has 1 rings (SSSR count). The number of rotatable bonds is 3. The highest BCUT2D eigenvalue weighted by Gasteiger charge is 2.02. The number of halogens is 2. The summed E-state index contributed by atoms with van der Waals surface area (Å²) < 4.78 is 6.12. The van der Waals surface area contributed by atoms with Crippen LogP contribution in [0.4, 0.5) is 0 Å². The Balaban J connectivity index is 2.88. The van der Waals surface area contributed by atoms with Gasteiger partial charge in [-0.1, -0.05) is 15.9 Å². The molecule has 2 nitrogen and oxygen atoms in total. The lowest BCUT2D eigenvalue weighted by atomic mass is 10.2. The summed E-state index contributed by atoms with van der Waals surface area (Å²) in [5.41, 5.74) is 0.513. The number of hydrogen-bond donors (Lipinski definition) is 0. The zero-order valence-electron chi connectivity index (χ0n) is 6.76. The van der Waals surface area contributed by atoms with Gasteiger partial charge in [0, 0.05) is 4.47 Å². The Hall–Kier alpha value is -0.720. The summed E-state index contributed by atoms with van der Waals surface area (Å²) in [5, 5.41) is 8.76. The maximum absolute atomic E-state index is 8.76. The largest absolute Gasteiger partial charge is 0.491 e. The molecule has 0 atom stereocenters. The number of alkyl halides is 1. The molecule has 0 amide bonds. The van der Waals surface area contributed by atoms with Gasteiger partial charge in [0.1, 0.15) is 18.4 Å². The second-order valence-corrected chi connectivity index (χ2v) is 3.58. The monoisotopic (exact) mass is 259 g/mol. The number of nitrogens with zero attached hydrogens (tertiary/aromatic N) is 1. The van der Waals surface area contributed by atoms with Crippen molar-refractivity contribution in [2.45, 2.75) is 0 Å². The first kappa shape index (κ1) is 10.4. The molecule has 4 heteroatoms. The zero-order valence-corrected chi connectivity index (χ0v) is 9.10. The van der Waals surface area contributed by atoms with Crippen LogP contribution in [0.15, 0.2) is 22.7 Å². The Morgan fingerprint density at radius 2 is 2.31 bits per heavy atom. The quantitative estimate of drug-likeness (QED) is 0.783. The predicted octanol–water partition coefficient (Wildman–Crippen LogP) is 2.94. The molecule has 0 unspecified atom stereocenters. The molecule has 68 valence electrons. The average Bonchev–Trinajstić information content (AvgIpc) is 2.16. The molecule has 0 aliphatic carbocycles. The van der Waals surface area contributed by atoms with E-state index in [1.165, 1.54) is 0 Å². The average molecular weight is 261 g/mol. The highest BCUT2D eigenvalue weighted by molar-refractivity contribution is 9.10. The minimum absolute atomic E-state index is 0.415. The number of benzene rings is 1. The summed E-state index contributed by atoms with van der Waals surface area (Å²) in [6.07, 6.45) is 0. The Kier molecular flexibility index (Phi) is 4.07. The van der Waals surface area contributed by atoms with E-state index in [1.807, 2.05) is 12.1 Å². The van der Waals surface area contributed by atoms with Crippen LogP contribution >= 0.6 is 27.5 Å². The highest BCUT2D eigenvalue weighted by Crippen LogP contribution is 2.22. The molecular formula is C9H7BrClNO. The van der Waals surface area contributed by atoms with Crippen molar-refractivity contribution in [3.63, 3.8) is 0 Å². The third kappa shape index (κ3) is 2.91. The molecule has 1 aromatic rings. The van der Waals surface area contributed by atoms with Crippen LogP contribution in [-0.2, 0) is 0 Å². The Bertz CT molecular complexity index is 335. The van der Waals surface area contributed by atoms with E-state index in [-0.39, 0.29) is 0 Å². The molecule has 0 N–H and O–H groups in total. The van der Waals surface area contributed by atoms with E-state index < -0.39 is 0 Å². The molecule has 0 aliphatic heterocycles. The molecule has 0 fully saturated rings. The number of hydrogen-bond acceptors (Lipinski definition) is 2. The normalized spacial score (nSPS) is 9.31. The van der Waals surface area contributed by atoms with Gasteiger partial charge in [0.15, 0.2) is 0 Å². The first-order valence-corrected chi connectivity index (χ1v) is 4.99. The van der Waals surface area contributed by atoms with Crippen LogP contribution in [0.1, 0.15) is 5.56 Å². The molecular weight excluding hydrogens is 253 g/mol. The van der Waals surface area contributed by atoms with E-state index in [9.17, 15) is 0 Å². The second-order valence-electron chi connectivity index (χ2n) is 2.29. The summed E-state index contributed by atoms with van der Waals surface area (Å²) in [4.78, 5) is 0. The van der Waals surface area contributed by atoms with Crippen LogP contribution in [0, 0.1) is 11.3 Å². The fraction of sp³-hybridized carbons (Fsp3) is 0.222. The highest BCUT2D eigenvalue weighted by atomic mass is 79.9. The van der Waals surface area contributed by atoms with Crippen LogP contribution in [-0.4, -0.2) is 12.5 Å². The van der Waals surface area contributed by atoms with Gasteiger partial charge in [-0.2, -0.15) is 5.26 Å². The summed E-state index contributed by atoms with van der Waals surface area (Å²) in [7, 11) is 0. The van der Waals surface area contributed by atoms with Crippen LogP contribution < -0.4 is 4.74 Å². The summed E-state index contributed by atoms with van der Waals surface area (Å²) in [6.45, 7) is 0.415. The Morgan fingerprint density at radius 3 is 2.92 bits per heavy atom. The topological polar surface area (TPSA) is 33.0 Å². The van der Waals surface area contributed by atoms with E-state index in [2.05, 4.69) is 15.9 Å². The molecule has 0 heterocycles. The van der Waals surface area contributed by atoms with E-state index in [0.29, 0.717) is 23.8 Å². The second kappa shape index (κ2) is 5.11. The van der Waals surface area contributed by atoms with Crippen LogP contribution in [0.3, 0.4) is 0 Å². The van der Waals surface area contributed by atoms with Gasteiger partial charge in [-0.3, -0.25) is 0 Å². The van der Waals surface area contributed by atoms with Crippen molar-refractivity contribution in [3.05, 3.63) is 28.2 Å². The molecule has 0 aliphatic rings. The maximum atomic E-state index is 8.76. The first-order chi connectivity index (χ1) is 6.27. The van der Waals surface area contributed by atoms with Gasteiger partial charge in [0.05, 0.1) is 11.4 Å². The lowest BCUT2D eigenvalue weighted by Crippen LogP contribution is -1.99. The smallest absolute Gasteiger partial charge is 0.137 e. The fourth-order valence-electron chi connectivity index (χ4n) is 0.864. The van der Waals surface area contributed by atoms with Crippen molar-refractivity contribution < 1.29 is 4.74 Å². The minimum atomic E-state index is 0.415. The SMILES string of the molecule is N#Cc1cc(Br)ccc1OCCCl. The molecule has 0 radical (unpaired) electrons. The van der Waals surface area contributed by atoms with E-state index >= 15 is 0 Å². The van der Waals surface area contributed by atoms with E-state index in [0.717, 1.165) is 4.47 Å². The van der Waals surface area contributed by atoms with Crippen molar-refractivity contribution in [1.29, 1.82) is 5.26 Å². The summed E-state index contributed by atoms with van der Waals surface area (Å²) >= 11 is 8.73. The van der Waals surface area contributed by atoms with Gasteiger partial charge in [-0.15, -0.1) is 11.6 Å². The molecule has 0 bridgehead atoms. The molecule has 1 aromatic carbocycles. The van der Waals surface area contributed by atoms with Gasteiger partial charge in [0.2, 0.25) is 0 Å². The van der Waals surface area contributed by atoms with Crippen molar-refractivity contribution in [3.8, 4) is 11.8 Å². The summed E-state index contributed by atoms with van der Waals surface area (Å²) in [6, 6.07) is 7.33. The predicted molar refractivity (Wildman–Crippen MR) is 55.1 cm³/mol. The fourth-order valence-corrected chi connectivity index (χ4v) is 1.30. The molecule has 13 heavy (non-hydrogen) atoms. The molecule has 0 saturated carbocycles. The van der Waals surface area contributed by atoms with Gasteiger partial charge in [0.25, 0.3) is 0 Å². The van der Waals surface area contributed by atoms with Crippen molar-refractivity contribution in [1.82, 2.24) is 0 Å². The Morgan fingerprint density at radius 1 is 1.54 bits per heavy atom. The van der Waals surface area contributed by atoms with Crippen LogP contribution in [0.25, 0.3) is 0 Å². The molecule has 0 spiro atoms. The van der Waals surface area contributed by atoms with Crippen molar-refractivity contribution in [2.24, 2.45) is 0 Å². The lowest BCUT2D eigenvalue weighted by Gasteiger charge is -2.05. The van der Waals surface area contributed by atoms with Gasteiger partial charge < -0.3 is 4.74 Å². The van der Waals surface area contributed by atoms with Crippen molar-refractivity contribution in [2.75, 3.05) is 12.5 Å². The van der Waals surface area contributed by atoms with Gasteiger partial charge in [-0.05, 0) is 18.2 Å². The molecule has 0 aromatic heterocycles. The van der Waals surface area contributed by atoms with Crippen molar-refractivity contribution >= 4 is 27.5 Å². The first-order valence-electron chi connectivity index (χ1n) is 3.66. The standard InChI is InChI=1S/C9H7BrClNO/c10-8-1-2-9(13-4-3-11)7(5-8)6-12/h1-2,5H,3-4H2. The number of ether oxygens (including phenoxy) is 1. The van der Waals surface area contributed by atoms with E-state index in [4.69, 9.17) is 21.6 Å². The molecule has 0 saturated heterocycles. The van der Waals surface area contributed by atoms with Crippen LogP contribution in [0.2, 0.25) is 0 Å². The third-order valence-electron chi connectivity index (χ3n) is 1.40. The lowest BCUT2D eigenvalue weighted by molar-refractivity contribution is 0.341. The minimum Gasteiger partial charge on any atom is -0.491 e. The number of nitriles is 1. The maximum Gasteiger partial charge on any atom is 0.137 e.